The van der Waals surface area contributed by atoms with E-state index in [2.05, 4.69) is 5.10 Å². The quantitative estimate of drug-likeness (QED) is 0.598. The number of halogens is 1. The number of nitrogens with two attached hydrogens (primary N) is 1. The number of benzene rings is 2. The number of hydrogen-bond acceptors (Lipinski definition) is 5. The van der Waals surface area contributed by atoms with Gasteiger partial charge in [-0.05, 0) is 41.8 Å². The van der Waals surface area contributed by atoms with E-state index in [1.807, 2.05) is 0 Å². The maximum absolute atomic E-state index is 13.8. The minimum Gasteiger partial charge on any atom is -0.481 e. The van der Waals surface area contributed by atoms with E-state index in [9.17, 15) is 22.4 Å². The van der Waals surface area contributed by atoms with Crippen LogP contribution >= 0.6 is 0 Å². The topological polar surface area (TPSA) is 121 Å². The predicted octanol–water partition coefficient (Wildman–Crippen LogP) is 1.91. The van der Waals surface area contributed by atoms with Crippen molar-refractivity contribution < 1.29 is 32.2 Å². The van der Waals surface area contributed by atoms with Gasteiger partial charge in [0.15, 0.2) is 0 Å². The van der Waals surface area contributed by atoms with Crippen LogP contribution in [0, 0.1) is 5.82 Å². The molecule has 10 heteroatoms. The lowest BCUT2D eigenvalue weighted by molar-refractivity contribution is -0.396. The summed E-state index contributed by atoms with van der Waals surface area (Å²) in [6, 6.07) is 12.2. The minimum absolute atomic E-state index is 0.0111. The molecule has 2 aromatic carbocycles. The van der Waals surface area contributed by atoms with Crippen molar-refractivity contribution in [1.29, 1.82) is 0 Å². The molecule has 0 spiro atoms. The van der Waals surface area contributed by atoms with E-state index in [1.165, 1.54) is 17.1 Å². The summed E-state index contributed by atoms with van der Waals surface area (Å²) in [5.74, 6) is -1.75. The van der Waals surface area contributed by atoms with Gasteiger partial charge in [-0.15, -0.1) is 0 Å². The number of carbonyl (C=O) groups is 2. The Morgan fingerprint density at radius 1 is 1.19 bits per heavy atom. The average molecular weight is 448 g/mol. The Morgan fingerprint density at radius 2 is 1.90 bits per heavy atom. The van der Waals surface area contributed by atoms with Crippen LogP contribution in [0.4, 0.5) is 10.1 Å². The summed E-state index contributed by atoms with van der Waals surface area (Å²) in [6.45, 7) is 0. The van der Waals surface area contributed by atoms with Crippen LogP contribution in [0.3, 0.4) is 0 Å². The number of carbonyl (C=O) groups excluding carboxylic acids is 1. The maximum Gasteiger partial charge on any atom is 0.303 e. The molecular formula is C21H23FN3O5S+. The summed E-state index contributed by atoms with van der Waals surface area (Å²) >= 11 is 0. The maximum atomic E-state index is 13.8. The SMILES string of the molecule is CS(=O)(=O)[NH2+]c1ccc(C2=NN(C(=O)CCCC(=O)O)C(c3cccc(F)c3)C2)cc1. The molecule has 1 unspecified atom stereocenters. The number of quaternary nitrogens is 1. The normalized spacial score (nSPS) is 16.3. The molecule has 0 aliphatic carbocycles. The van der Waals surface area contributed by atoms with E-state index in [1.54, 1.807) is 36.4 Å². The van der Waals surface area contributed by atoms with Gasteiger partial charge in [0.2, 0.25) is 5.91 Å². The summed E-state index contributed by atoms with van der Waals surface area (Å²) in [6.07, 6.45) is 1.53. The van der Waals surface area contributed by atoms with Gasteiger partial charge in [0.1, 0.15) is 11.5 Å². The lowest BCUT2D eigenvalue weighted by Crippen LogP contribution is -2.81. The van der Waals surface area contributed by atoms with Crippen LogP contribution in [0.2, 0.25) is 0 Å². The molecule has 3 rings (SSSR count). The third-order valence-corrected chi connectivity index (χ3v) is 5.48. The fourth-order valence-corrected chi connectivity index (χ4v) is 4.05. The first-order valence-electron chi connectivity index (χ1n) is 9.64. The van der Waals surface area contributed by atoms with Crippen LogP contribution in [0.25, 0.3) is 0 Å². The zero-order valence-electron chi connectivity index (χ0n) is 16.9. The highest BCUT2D eigenvalue weighted by atomic mass is 32.2. The fraction of sp³-hybridized carbons (Fsp3) is 0.286. The highest BCUT2D eigenvalue weighted by molar-refractivity contribution is 7.84. The molecule has 2 aromatic rings. The molecule has 0 bridgehead atoms. The van der Waals surface area contributed by atoms with Crippen LogP contribution < -0.4 is 4.72 Å². The summed E-state index contributed by atoms with van der Waals surface area (Å²) in [5.41, 5.74) is 2.43. The van der Waals surface area contributed by atoms with Crippen molar-refractivity contribution in [3.63, 3.8) is 0 Å². The van der Waals surface area contributed by atoms with Crippen molar-refractivity contribution in [3.05, 3.63) is 65.5 Å². The second-order valence-corrected chi connectivity index (χ2v) is 9.27. The Bertz CT molecular complexity index is 1120. The highest BCUT2D eigenvalue weighted by Crippen LogP contribution is 2.33. The molecule has 1 atom stereocenters. The molecule has 164 valence electrons. The van der Waals surface area contributed by atoms with Crippen molar-refractivity contribution in [2.45, 2.75) is 31.7 Å². The standard InChI is InChI=1S/C21H22FN3O5S/c1-31(29,30)24-17-10-8-14(9-11-17)18-13-19(15-4-2-5-16(22)12-15)25(23-18)20(26)6-3-7-21(27)28/h2,4-5,8-12,19,24H,3,6-7,13H2,1H3,(H,27,28)/p+1. The van der Waals surface area contributed by atoms with Crippen LogP contribution in [0.5, 0.6) is 0 Å². The van der Waals surface area contributed by atoms with Gasteiger partial charge in [-0.25, -0.2) is 14.1 Å². The van der Waals surface area contributed by atoms with Gasteiger partial charge < -0.3 is 5.11 Å². The lowest BCUT2D eigenvalue weighted by Gasteiger charge is -2.22. The van der Waals surface area contributed by atoms with Gasteiger partial charge in [-0.3, -0.25) is 9.59 Å². The van der Waals surface area contributed by atoms with E-state index in [0.717, 1.165) is 11.0 Å². The monoisotopic (exact) mass is 448 g/mol. The molecule has 31 heavy (non-hydrogen) atoms. The fourth-order valence-electron chi connectivity index (χ4n) is 3.39. The van der Waals surface area contributed by atoms with Crippen molar-refractivity contribution in [2.75, 3.05) is 6.26 Å². The Balaban J connectivity index is 1.85. The summed E-state index contributed by atoms with van der Waals surface area (Å²) in [4.78, 5) is 23.5. The molecule has 0 aromatic heterocycles. The number of aliphatic carboxylic acids is 1. The summed E-state index contributed by atoms with van der Waals surface area (Å²) < 4.78 is 37.8. The van der Waals surface area contributed by atoms with Crippen LogP contribution in [0.1, 0.15) is 42.9 Å². The molecule has 0 saturated carbocycles. The Hall–Kier alpha value is -3.11. The second kappa shape index (κ2) is 9.36. The molecule has 1 amide bonds. The first-order valence-corrected chi connectivity index (χ1v) is 11.6. The number of hydrogen-bond donors (Lipinski definition) is 2. The third kappa shape index (κ3) is 6.19. The zero-order valence-corrected chi connectivity index (χ0v) is 17.7. The number of carboxylic acids is 1. The minimum atomic E-state index is -3.28. The number of sulfonamides is 1. The lowest BCUT2D eigenvalue weighted by atomic mass is 9.98. The second-order valence-electron chi connectivity index (χ2n) is 7.38. The highest BCUT2D eigenvalue weighted by Gasteiger charge is 2.33. The van der Waals surface area contributed by atoms with Gasteiger partial charge >= 0.3 is 5.97 Å². The number of primary sulfonamides is 1. The van der Waals surface area contributed by atoms with Gasteiger partial charge in [0, 0.05) is 31.4 Å². The largest absolute Gasteiger partial charge is 0.481 e. The molecule has 0 saturated heterocycles. The number of carboxylic acid groups (broad SMARTS) is 1. The third-order valence-electron chi connectivity index (χ3n) is 4.77. The van der Waals surface area contributed by atoms with Crippen LogP contribution in [-0.4, -0.2) is 42.4 Å². The first kappa shape index (κ1) is 22.6. The van der Waals surface area contributed by atoms with Gasteiger partial charge in [0.05, 0.1) is 18.0 Å². The first-order chi connectivity index (χ1) is 14.6. The molecule has 8 nitrogen and oxygen atoms in total. The van der Waals surface area contributed by atoms with Crippen molar-refractivity contribution in [1.82, 2.24) is 5.01 Å². The molecule has 1 aliphatic heterocycles. The van der Waals surface area contributed by atoms with Crippen molar-refractivity contribution >= 4 is 33.3 Å². The van der Waals surface area contributed by atoms with E-state index in [-0.39, 0.29) is 25.2 Å². The van der Waals surface area contributed by atoms with Crippen molar-refractivity contribution in [2.24, 2.45) is 5.10 Å². The Morgan fingerprint density at radius 3 is 2.52 bits per heavy atom. The van der Waals surface area contributed by atoms with E-state index in [4.69, 9.17) is 5.11 Å². The smallest absolute Gasteiger partial charge is 0.303 e. The van der Waals surface area contributed by atoms with E-state index in [0.29, 0.717) is 28.9 Å². The summed E-state index contributed by atoms with van der Waals surface area (Å²) in [7, 11) is -3.28. The summed E-state index contributed by atoms with van der Waals surface area (Å²) in [5, 5.41) is 14.5. The molecule has 3 N–H and O–H groups in total. The average Bonchev–Trinajstić information content (AvgIpc) is 3.12. The van der Waals surface area contributed by atoms with Crippen LogP contribution in [-0.2, 0) is 19.6 Å². The van der Waals surface area contributed by atoms with E-state index >= 15 is 0 Å². The van der Waals surface area contributed by atoms with Gasteiger partial charge in [0.25, 0.3) is 10.0 Å². The number of hydrazone groups is 1. The molecule has 1 heterocycles. The van der Waals surface area contributed by atoms with E-state index < -0.39 is 27.9 Å². The Kier molecular flexibility index (Phi) is 6.81. The molecule has 0 fully saturated rings. The predicted molar refractivity (Wildman–Crippen MR) is 111 cm³/mol. The number of amides is 1. The number of nitrogens with zero attached hydrogens (tertiary/aromatic N) is 2. The van der Waals surface area contributed by atoms with Crippen molar-refractivity contribution in [3.8, 4) is 0 Å². The molecule has 1 aliphatic rings. The van der Waals surface area contributed by atoms with Gasteiger partial charge in [-0.1, -0.05) is 12.1 Å². The molecule has 0 radical (unpaired) electrons. The number of rotatable bonds is 8. The Labute approximate surface area is 179 Å². The molecular weight excluding hydrogens is 425 g/mol. The van der Waals surface area contributed by atoms with Gasteiger partial charge in [-0.2, -0.15) is 13.5 Å². The zero-order chi connectivity index (χ0) is 22.6. The van der Waals surface area contributed by atoms with Crippen LogP contribution in [0.15, 0.2) is 53.6 Å².